The highest BCUT2D eigenvalue weighted by Crippen LogP contribution is 2.23. The monoisotopic (exact) mass is 235 g/mol. The van der Waals surface area contributed by atoms with E-state index in [1.54, 1.807) is 0 Å². The van der Waals surface area contributed by atoms with Gasteiger partial charge in [0.1, 0.15) is 0 Å². The Labute approximate surface area is 97.6 Å². The van der Waals surface area contributed by atoms with Crippen molar-refractivity contribution < 1.29 is 0 Å². The van der Waals surface area contributed by atoms with Crippen LogP contribution in [0.25, 0.3) is 0 Å². The normalized spacial score (nSPS) is 18.2. The van der Waals surface area contributed by atoms with Crippen molar-refractivity contribution in [3.63, 3.8) is 0 Å². The lowest BCUT2D eigenvalue weighted by Crippen LogP contribution is -2.36. The maximum absolute atomic E-state index is 5.84. The van der Waals surface area contributed by atoms with Gasteiger partial charge in [-0.2, -0.15) is 11.8 Å². The third-order valence-corrected chi connectivity index (χ3v) is 3.99. The van der Waals surface area contributed by atoms with E-state index >= 15 is 0 Å². The summed E-state index contributed by atoms with van der Waals surface area (Å²) in [4.78, 5) is 2.60. The molecular weight excluding hydrogens is 214 g/mol. The van der Waals surface area contributed by atoms with Crippen LogP contribution in [-0.2, 0) is 0 Å². The van der Waals surface area contributed by atoms with Crippen LogP contribution in [0.1, 0.15) is 32.6 Å². The molecule has 0 atom stereocenters. The van der Waals surface area contributed by atoms with E-state index in [0.717, 1.165) is 18.5 Å². The lowest BCUT2D eigenvalue weighted by molar-refractivity contribution is 0.223. The molecule has 0 bridgehead atoms. The Hall–Kier alpha value is 0.600. The summed E-state index contributed by atoms with van der Waals surface area (Å²) < 4.78 is 0. The second-order valence-electron chi connectivity index (χ2n) is 3.86. The van der Waals surface area contributed by atoms with Crippen LogP contribution in [0.5, 0.6) is 0 Å². The molecule has 0 aromatic carbocycles. The van der Waals surface area contributed by atoms with Crippen molar-refractivity contribution in [1.82, 2.24) is 4.90 Å². The van der Waals surface area contributed by atoms with Crippen molar-refractivity contribution >= 4 is 23.4 Å². The van der Waals surface area contributed by atoms with Gasteiger partial charge in [-0.25, -0.2) is 0 Å². The maximum Gasteiger partial charge on any atom is 0.0351 e. The fourth-order valence-corrected chi connectivity index (χ4v) is 3.05. The van der Waals surface area contributed by atoms with Gasteiger partial charge in [-0.05, 0) is 18.6 Å². The van der Waals surface area contributed by atoms with Crippen molar-refractivity contribution in [3.05, 3.63) is 0 Å². The van der Waals surface area contributed by atoms with E-state index in [1.165, 1.54) is 43.7 Å². The van der Waals surface area contributed by atoms with E-state index in [1.807, 2.05) is 11.8 Å². The molecule has 1 fully saturated rings. The lowest BCUT2D eigenvalue weighted by Gasteiger charge is -2.27. The van der Waals surface area contributed by atoms with E-state index < -0.39 is 0 Å². The standard InChI is InChI=1S/C11H22ClNS/c1-2-14-10-9-13(8-7-12)11-5-3-4-6-11/h11H,2-10H2,1H3. The summed E-state index contributed by atoms with van der Waals surface area (Å²) in [6.07, 6.45) is 5.64. The highest BCUT2D eigenvalue weighted by atomic mass is 35.5. The summed E-state index contributed by atoms with van der Waals surface area (Å²) in [5.41, 5.74) is 0. The highest BCUT2D eigenvalue weighted by Gasteiger charge is 2.21. The van der Waals surface area contributed by atoms with Gasteiger partial charge in [-0.1, -0.05) is 19.8 Å². The van der Waals surface area contributed by atoms with E-state index in [-0.39, 0.29) is 0 Å². The van der Waals surface area contributed by atoms with Crippen LogP contribution in [0.15, 0.2) is 0 Å². The van der Waals surface area contributed by atoms with Gasteiger partial charge in [0, 0.05) is 30.8 Å². The number of thioether (sulfide) groups is 1. The number of nitrogens with zero attached hydrogens (tertiary/aromatic N) is 1. The van der Waals surface area contributed by atoms with Crippen LogP contribution in [-0.4, -0.2) is 41.4 Å². The first-order valence-electron chi connectivity index (χ1n) is 5.76. The summed E-state index contributed by atoms with van der Waals surface area (Å²) in [5.74, 6) is 3.29. The maximum atomic E-state index is 5.84. The lowest BCUT2D eigenvalue weighted by atomic mass is 10.2. The molecule has 1 aliphatic carbocycles. The molecule has 0 aromatic heterocycles. The van der Waals surface area contributed by atoms with Gasteiger partial charge in [0.15, 0.2) is 0 Å². The van der Waals surface area contributed by atoms with Crippen molar-refractivity contribution in [2.45, 2.75) is 38.6 Å². The summed E-state index contributed by atoms with van der Waals surface area (Å²) in [5, 5.41) is 0. The largest absolute Gasteiger partial charge is 0.298 e. The van der Waals surface area contributed by atoms with Gasteiger partial charge in [-0.3, -0.25) is 4.90 Å². The van der Waals surface area contributed by atoms with Crippen LogP contribution in [0.2, 0.25) is 0 Å². The van der Waals surface area contributed by atoms with Crippen molar-refractivity contribution in [2.24, 2.45) is 0 Å². The van der Waals surface area contributed by atoms with Crippen LogP contribution in [0.3, 0.4) is 0 Å². The second-order valence-corrected chi connectivity index (χ2v) is 5.63. The average Bonchev–Trinajstić information content (AvgIpc) is 2.70. The smallest absolute Gasteiger partial charge is 0.0351 e. The fraction of sp³-hybridized carbons (Fsp3) is 1.00. The Morgan fingerprint density at radius 1 is 1.29 bits per heavy atom. The first kappa shape index (κ1) is 12.7. The van der Waals surface area contributed by atoms with E-state index in [2.05, 4.69) is 11.8 Å². The molecule has 1 rings (SSSR count). The molecule has 84 valence electrons. The second kappa shape index (κ2) is 7.84. The minimum absolute atomic E-state index is 0.785. The fourth-order valence-electron chi connectivity index (χ4n) is 2.18. The Morgan fingerprint density at radius 3 is 2.57 bits per heavy atom. The number of alkyl halides is 1. The van der Waals surface area contributed by atoms with Gasteiger partial charge < -0.3 is 0 Å². The summed E-state index contributed by atoms with van der Waals surface area (Å²) in [6, 6.07) is 0.839. The molecule has 1 aliphatic rings. The van der Waals surface area contributed by atoms with Crippen LogP contribution in [0, 0.1) is 0 Å². The highest BCUT2D eigenvalue weighted by molar-refractivity contribution is 7.99. The first-order valence-corrected chi connectivity index (χ1v) is 7.45. The molecule has 3 heteroatoms. The van der Waals surface area contributed by atoms with Gasteiger partial charge in [0.05, 0.1) is 0 Å². The molecule has 1 nitrogen and oxygen atoms in total. The van der Waals surface area contributed by atoms with Crippen LogP contribution < -0.4 is 0 Å². The third kappa shape index (κ3) is 4.41. The summed E-state index contributed by atoms with van der Waals surface area (Å²) >= 11 is 7.88. The predicted octanol–water partition coefficient (Wildman–Crippen LogP) is 3.22. The minimum atomic E-state index is 0.785. The molecular formula is C11H22ClNS. The molecule has 0 aliphatic heterocycles. The van der Waals surface area contributed by atoms with Gasteiger partial charge in [-0.15, -0.1) is 11.6 Å². The van der Waals surface area contributed by atoms with Gasteiger partial charge >= 0.3 is 0 Å². The molecule has 0 spiro atoms. The molecule has 1 saturated carbocycles. The van der Waals surface area contributed by atoms with Crippen molar-refractivity contribution in [3.8, 4) is 0 Å². The van der Waals surface area contributed by atoms with E-state index in [4.69, 9.17) is 11.6 Å². The molecule has 0 aromatic rings. The zero-order valence-electron chi connectivity index (χ0n) is 9.17. The average molecular weight is 236 g/mol. The summed E-state index contributed by atoms with van der Waals surface area (Å²) in [7, 11) is 0. The predicted molar refractivity (Wildman–Crippen MR) is 67.5 cm³/mol. The van der Waals surface area contributed by atoms with Crippen molar-refractivity contribution in [2.75, 3.05) is 30.5 Å². The zero-order valence-corrected chi connectivity index (χ0v) is 10.7. The number of hydrogen-bond acceptors (Lipinski definition) is 2. The third-order valence-electron chi connectivity index (χ3n) is 2.94. The quantitative estimate of drug-likeness (QED) is 0.493. The zero-order chi connectivity index (χ0) is 10.2. The molecule has 0 radical (unpaired) electrons. The molecule has 0 saturated heterocycles. The molecule has 0 heterocycles. The summed E-state index contributed by atoms with van der Waals surface area (Å²) in [6.45, 7) is 4.54. The Kier molecular flexibility index (Phi) is 7.09. The number of halogens is 1. The van der Waals surface area contributed by atoms with E-state index in [9.17, 15) is 0 Å². The Bertz CT molecular complexity index is 137. The topological polar surface area (TPSA) is 3.24 Å². The molecule has 0 N–H and O–H groups in total. The molecule has 14 heavy (non-hydrogen) atoms. The van der Waals surface area contributed by atoms with Crippen LogP contribution >= 0.6 is 23.4 Å². The number of rotatable bonds is 7. The van der Waals surface area contributed by atoms with Crippen LogP contribution in [0.4, 0.5) is 0 Å². The van der Waals surface area contributed by atoms with E-state index in [0.29, 0.717) is 0 Å². The first-order chi connectivity index (χ1) is 6.88. The van der Waals surface area contributed by atoms with Crippen molar-refractivity contribution in [1.29, 1.82) is 0 Å². The van der Waals surface area contributed by atoms with Gasteiger partial charge in [0.25, 0.3) is 0 Å². The Morgan fingerprint density at radius 2 is 2.00 bits per heavy atom. The number of hydrogen-bond donors (Lipinski definition) is 0. The SMILES string of the molecule is CCSCCN(CCCl)C1CCCC1. The Balaban J connectivity index is 2.22. The minimum Gasteiger partial charge on any atom is -0.298 e. The molecule has 0 amide bonds. The molecule has 0 unspecified atom stereocenters. The van der Waals surface area contributed by atoms with Gasteiger partial charge in [0.2, 0.25) is 0 Å².